The Hall–Kier alpha value is 0.290. The molecule has 2 heterocycles. The maximum absolute atomic E-state index is 4.56. The van der Waals surface area contributed by atoms with Crippen LogP contribution in [0.1, 0.15) is 18.3 Å². The SMILES string of the molecule is CCc1nn2c(c1I)CSCC2. The second-order valence-corrected chi connectivity index (χ2v) is 5.02. The molecule has 0 aromatic carbocycles. The van der Waals surface area contributed by atoms with Crippen molar-refractivity contribution in [2.24, 2.45) is 0 Å². The summed E-state index contributed by atoms with van der Waals surface area (Å²) in [4.78, 5) is 0. The summed E-state index contributed by atoms with van der Waals surface area (Å²) in [6.45, 7) is 3.26. The number of aryl methyl sites for hydroxylation is 2. The van der Waals surface area contributed by atoms with Gasteiger partial charge in [0.2, 0.25) is 0 Å². The fourth-order valence-electron chi connectivity index (χ4n) is 1.40. The Morgan fingerprint density at radius 2 is 2.50 bits per heavy atom. The van der Waals surface area contributed by atoms with Crippen LogP contribution in [-0.2, 0) is 18.7 Å². The van der Waals surface area contributed by atoms with Crippen molar-refractivity contribution in [1.82, 2.24) is 9.78 Å². The molecule has 1 aliphatic rings. The lowest BCUT2D eigenvalue weighted by Crippen LogP contribution is -2.11. The van der Waals surface area contributed by atoms with Crippen molar-refractivity contribution in [1.29, 1.82) is 0 Å². The first kappa shape index (κ1) is 8.87. The number of thioether (sulfide) groups is 1. The highest BCUT2D eigenvalue weighted by atomic mass is 127. The van der Waals surface area contributed by atoms with Gasteiger partial charge in [-0.1, -0.05) is 6.92 Å². The predicted octanol–water partition coefficient (Wildman–Crippen LogP) is 2.30. The second kappa shape index (κ2) is 3.57. The van der Waals surface area contributed by atoms with Crippen LogP contribution in [0.4, 0.5) is 0 Å². The molecular weight excluding hydrogens is 283 g/mol. The van der Waals surface area contributed by atoms with E-state index in [1.165, 1.54) is 20.7 Å². The Labute approximate surface area is 90.2 Å². The third-order valence-electron chi connectivity index (χ3n) is 2.08. The summed E-state index contributed by atoms with van der Waals surface area (Å²) in [7, 11) is 0. The summed E-state index contributed by atoms with van der Waals surface area (Å²) >= 11 is 4.43. The first-order chi connectivity index (χ1) is 5.83. The molecule has 1 aromatic heterocycles. The van der Waals surface area contributed by atoms with E-state index in [2.05, 4.69) is 39.3 Å². The van der Waals surface area contributed by atoms with Gasteiger partial charge in [0, 0.05) is 11.5 Å². The summed E-state index contributed by atoms with van der Waals surface area (Å²) in [5.41, 5.74) is 2.71. The van der Waals surface area contributed by atoms with Gasteiger partial charge < -0.3 is 0 Å². The van der Waals surface area contributed by atoms with E-state index in [1.54, 1.807) is 0 Å². The van der Waals surface area contributed by atoms with E-state index < -0.39 is 0 Å². The van der Waals surface area contributed by atoms with Gasteiger partial charge in [-0.05, 0) is 29.0 Å². The van der Waals surface area contributed by atoms with Gasteiger partial charge in [-0.25, -0.2) is 0 Å². The molecule has 1 aromatic rings. The van der Waals surface area contributed by atoms with E-state index in [1.807, 2.05) is 11.8 Å². The molecule has 0 N–H and O–H groups in total. The molecule has 0 unspecified atom stereocenters. The number of nitrogens with zero attached hydrogens (tertiary/aromatic N) is 2. The normalized spacial score (nSPS) is 16.2. The molecule has 0 fully saturated rings. The molecule has 0 spiro atoms. The largest absolute Gasteiger partial charge is 0.267 e. The molecule has 1 aliphatic heterocycles. The van der Waals surface area contributed by atoms with Crippen molar-refractivity contribution in [2.75, 3.05) is 5.75 Å². The fourth-order valence-corrected chi connectivity index (χ4v) is 3.55. The number of aromatic nitrogens is 2. The summed E-state index contributed by atoms with van der Waals surface area (Å²) in [5.74, 6) is 2.36. The van der Waals surface area contributed by atoms with Crippen molar-refractivity contribution >= 4 is 34.4 Å². The molecule has 0 radical (unpaired) electrons. The minimum Gasteiger partial charge on any atom is -0.267 e. The van der Waals surface area contributed by atoms with Gasteiger partial charge in [-0.3, -0.25) is 4.68 Å². The standard InChI is InChI=1S/C8H11IN2S/c1-2-6-8(9)7-5-12-4-3-11(7)10-6/h2-5H2,1H3. The zero-order valence-electron chi connectivity index (χ0n) is 7.01. The van der Waals surface area contributed by atoms with Gasteiger partial charge in [0.15, 0.2) is 0 Å². The Balaban J connectivity index is 2.44. The number of fused-ring (bicyclic) bond motifs is 1. The Kier molecular flexibility index (Phi) is 2.64. The maximum atomic E-state index is 4.56. The van der Waals surface area contributed by atoms with Gasteiger partial charge in [-0.15, -0.1) is 0 Å². The maximum Gasteiger partial charge on any atom is 0.0758 e. The van der Waals surface area contributed by atoms with Crippen LogP contribution in [0.5, 0.6) is 0 Å². The molecule has 0 saturated heterocycles. The predicted molar refractivity (Wildman–Crippen MR) is 60.5 cm³/mol. The van der Waals surface area contributed by atoms with E-state index in [0.29, 0.717) is 0 Å². The topological polar surface area (TPSA) is 17.8 Å². The number of halogens is 1. The minimum absolute atomic E-state index is 1.06. The average molecular weight is 294 g/mol. The molecule has 0 aliphatic carbocycles. The van der Waals surface area contributed by atoms with Crippen LogP contribution in [0.25, 0.3) is 0 Å². The molecule has 0 atom stereocenters. The highest BCUT2D eigenvalue weighted by Gasteiger charge is 2.17. The Bertz CT molecular complexity index is 295. The summed E-state index contributed by atoms with van der Waals surface area (Å²) in [6.07, 6.45) is 1.06. The highest BCUT2D eigenvalue weighted by molar-refractivity contribution is 14.1. The summed E-state index contributed by atoms with van der Waals surface area (Å²) < 4.78 is 3.57. The molecular formula is C8H11IN2S. The smallest absolute Gasteiger partial charge is 0.0758 e. The van der Waals surface area contributed by atoms with Crippen LogP contribution in [0.3, 0.4) is 0 Å². The zero-order valence-corrected chi connectivity index (χ0v) is 9.98. The van der Waals surface area contributed by atoms with Crippen LogP contribution in [0.2, 0.25) is 0 Å². The molecule has 4 heteroatoms. The molecule has 0 bridgehead atoms. The quantitative estimate of drug-likeness (QED) is 0.740. The van der Waals surface area contributed by atoms with E-state index in [0.717, 1.165) is 18.7 Å². The molecule has 66 valence electrons. The number of hydrogen-bond donors (Lipinski definition) is 0. The Morgan fingerprint density at radius 1 is 1.67 bits per heavy atom. The molecule has 2 nitrogen and oxygen atoms in total. The average Bonchev–Trinajstić information content (AvgIpc) is 2.44. The van der Waals surface area contributed by atoms with Gasteiger partial charge in [0.05, 0.1) is 21.5 Å². The monoisotopic (exact) mass is 294 g/mol. The van der Waals surface area contributed by atoms with Crippen LogP contribution >= 0.6 is 34.4 Å². The van der Waals surface area contributed by atoms with Gasteiger partial charge >= 0.3 is 0 Å². The first-order valence-electron chi connectivity index (χ1n) is 4.14. The molecule has 0 amide bonds. The van der Waals surface area contributed by atoms with Crippen molar-refractivity contribution < 1.29 is 0 Å². The van der Waals surface area contributed by atoms with Crippen LogP contribution in [0.15, 0.2) is 0 Å². The van der Waals surface area contributed by atoms with Gasteiger partial charge in [-0.2, -0.15) is 16.9 Å². The number of rotatable bonds is 1. The van der Waals surface area contributed by atoms with Crippen molar-refractivity contribution in [3.63, 3.8) is 0 Å². The lowest BCUT2D eigenvalue weighted by atomic mass is 10.3. The van der Waals surface area contributed by atoms with E-state index in [9.17, 15) is 0 Å². The van der Waals surface area contributed by atoms with E-state index in [4.69, 9.17) is 0 Å². The number of hydrogen-bond acceptors (Lipinski definition) is 2. The Morgan fingerprint density at radius 3 is 3.17 bits per heavy atom. The van der Waals surface area contributed by atoms with Crippen LogP contribution in [-0.4, -0.2) is 15.5 Å². The highest BCUT2D eigenvalue weighted by Crippen LogP contribution is 2.25. The lowest BCUT2D eigenvalue weighted by Gasteiger charge is -2.12. The minimum atomic E-state index is 1.06. The summed E-state index contributed by atoms with van der Waals surface area (Å²) in [6, 6.07) is 0. The van der Waals surface area contributed by atoms with Crippen molar-refractivity contribution in [3.05, 3.63) is 15.0 Å². The van der Waals surface area contributed by atoms with Crippen LogP contribution < -0.4 is 0 Å². The first-order valence-corrected chi connectivity index (χ1v) is 6.38. The fraction of sp³-hybridized carbons (Fsp3) is 0.625. The second-order valence-electron chi connectivity index (χ2n) is 2.84. The molecule has 0 saturated carbocycles. The third kappa shape index (κ3) is 1.39. The van der Waals surface area contributed by atoms with Gasteiger partial charge in [0.25, 0.3) is 0 Å². The summed E-state index contributed by atoms with van der Waals surface area (Å²) in [5, 5.41) is 4.56. The zero-order chi connectivity index (χ0) is 8.55. The van der Waals surface area contributed by atoms with Gasteiger partial charge in [0.1, 0.15) is 0 Å². The molecule has 2 rings (SSSR count). The van der Waals surface area contributed by atoms with Crippen LogP contribution in [0, 0.1) is 3.57 Å². The molecule has 12 heavy (non-hydrogen) atoms. The van der Waals surface area contributed by atoms with E-state index >= 15 is 0 Å². The van der Waals surface area contributed by atoms with E-state index in [-0.39, 0.29) is 0 Å². The van der Waals surface area contributed by atoms with Crippen molar-refractivity contribution in [2.45, 2.75) is 25.6 Å². The lowest BCUT2D eigenvalue weighted by molar-refractivity contribution is 0.623. The third-order valence-corrected chi connectivity index (χ3v) is 4.27. The van der Waals surface area contributed by atoms with Crippen molar-refractivity contribution in [3.8, 4) is 0 Å².